The van der Waals surface area contributed by atoms with E-state index in [1.54, 1.807) is 11.8 Å². The van der Waals surface area contributed by atoms with E-state index in [0.29, 0.717) is 51.0 Å². The maximum absolute atomic E-state index is 12.9. The number of nitrogens with zero attached hydrogens (tertiary/aromatic N) is 2. The van der Waals surface area contributed by atoms with Gasteiger partial charge >= 0.3 is 5.97 Å². The molecule has 1 aliphatic carbocycles. The van der Waals surface area contributed by atoms with E-state index in [1.807, 2.05) is 4.90 Å². The van der Waals surface area contributed by atoms with Crippen molar-refractivity contribution in [1.82, 2.24) is 15.1 Å². The van der Waals surface area contributed by atoms with Gasteiger partial charge in [0.1, 0.15) is 0 Å². The van der Waals surface area contributed by atoms with Crippen LogP contribution in [-0.2, 0) is 19.2 Å². The highest BCUT2D eigenvalue weighted by atomic mass is 16.4. The zero-order valence-electron chi connectivity index (χ0n) is 19.2. The van der Waals surface area contributed by atoms with E-state index in [2.05, 4.69) is 32.2 Å². The van der Waals surface area contributed by atoms with Crippen LogP contribution in [-0.4, -0.2) is 71.3 Å². The third-order valence-corrected chi connectivity index (χ3v) is 6.68. The monoisotopic (exact) mass is 435 g/mol. The van der Waals surface area contributed by atoms with Gasteiger partial charge in [0.25, 0.3) is 0 Å². The average Bonchev–Trinajstić information content (AvgIpc) is 2.71. The lowest BCUT2D eigenvalue weighted by Crippen LogP contribution is -2.50. The van der Waals surface area contributed by atoms with Gasteiger partial charge in [0, 0.05) is 52.5 Å². The first kappa shape index (κ1) is 24.9. The summed E-state index contributed by atoms with van der Waals surface area (Å²) in [6, 6.07) is 0. The molecule has 1 fully saturated rings. The molecule has 8 heteroatoms. The van der Waals surface area contributed by atoms with Gasteiger partial charge in [-0.2, -0.15) is 0 Å². The first-order valence-electron chi connectivity index (χ1n) is 11.3. The molecule has 0 aromatic heterocycles. The largest absolute Gasteiger partial charge is 0.481 e. The Balaban J connectivity index is 1.93. The van der Waals surface area contributed by atoms with Crippen molar-refractivity contribution >= 4 is 23.7 Å². The predicted molar refractivity (Wildman–Crippen MR) is 117 cm³/mol. The molecule has 1 saturated heterocycles. The summed E-state index contributed by atoms with van der Waals surface area (Å²) in [5.74, 6) is 0.0986. The summed E-state index contributed by atoms with van der Waals surface area (Å²) in [5.41, 5.74) is 1.18. The Morgan fingerprint density at radius 2 is 1.71 bits per heavy atom. The van der Waals surface area contributed by atoms with Gasteiger partial charge in [-0.25, -0.2) is 0 Å². The lowest BCUT2D eigenvalue weighted by molar-refractivity contribution is -0.139. The van der Waals surface area contributed by atoms with Gasteiger partial charge in [-0.15, -0.1) is 0 Å². The summed E-state index contributed by atoms with van der Waals surface area (Å²) in [7, 11) is 0. The molecule has 0 aromatic rings. The fraction of sp³-hybridized carbons (Fsp3) is 0.739. The number of carbonyl (C=O) groups is 4. The molecule has 2 aliphatic rings. The van der Waals surface area contributed by atoms with E-state index in [-0.39, 0.29) is 42.4 Å². The van der Waals surface area contributed by atoms with Crippen molar-refractivity contribution in [3.05, 3.63) is 11.6 Å². The Bertz CT molecular complexity index is 710. The number of hydrogen-bond acceptors (Lipinski definition) is 4. The lowest BCUT2D eigenvalue weighted by Gasteiger charge is -2.39. The Morgan fingerprint density at radius 1 is 1.10 bits per heavy atom. The number of nitrogens with one attached hydrogen (secondary N) is 1. The lowest BCUT2D eigenvalue weighted by atomic mass is 9.69. The molecule has 0 spiro atoms. The average molecular weight is 436 g/mol. The molecule has 1 heterocycles. The van der Waals surface area contributed by atoms with Crippen molar-refractivity contribution in [3.8, 4) is 0 Å². The molecule has 3 atom stereocenters. The molecule has 0 saturated carbocycles. The molecule has 8 nitrogen and oxygen atoms in total. The number of rotatable bonds is 8. The van der Waals surface area contributed by atoms with Gasteiger partial charge < -0.3 is 20.2 Å². The number of carboxylic acid groups (broad SMARTS) is 1. The van der Waals surface area contributed by atoms with E-state index in [4.69, 9.17) is 5.11 Å². The number of carboxylic acids is 1. The Morgan fingerprint density at radius 3 is 2.26 bits per heavy atom. The second-order valence-corrected chi connectivity index (χ2v) is 9.20. The molecule has 0 bridgehead atoms. The zero-order valence-corrected chi connectivity index (χ0v) is 19.2. The van der Waals surface area contributed by atoms with E-state index < -0.39 is 5.97 Å². The van der Waals surface area contributed by atoms with E-state index in [0.717, 1.165) is 6.42 Å². The van der Waals surface area contributed by atoms with E-state index in [9.17, 15) is 19.2 Å². The Hall–Kier alpha value is -2.38. The third-order valence-electron chi connectivity index (χ3n) is 6.68. The van der Waals surface area contributed by atoms with Crippen LogP contribution in [0.25, 0.3) is 0 Å². The minimum Gasteiger partial charge on any atom is -0.481 e. The number of piperazine rings is 1. The molecule has 174 valence electrons. The summed E-state index contributed by atoms with van der Waals surface area (Å²) in [4.78, 5) is 50.6. The van der Waals surface area contributed by atoms with Crippen LogP contribution in [0.3, 0.4) is 0 Å². The number of hydrogen-bond donors (Lipinski definition) is 2. The summed E-state index contributed by atoms with van der Waals surface area (Å²) >= 11 is 0. The molecule has 3 amide bonds. The van der Waals surface area contributed by atoms with Gasteiger partial charge in [-0.05, 0) is 37.0 Å². The van der Waals surface area contributed by atoms with Crippen LogP contribution in [0, 0.1) is 23.7 Å². The molecule has 1 aliphatic heterocycles. The number of amides is 3. The molecular weight excluding hydrogens is 398 g/mol. The van der Waals surface area contributed by atoms with Crippen molar-refractivity contribution in [2.24, 2.45) is 23.7 Å². The summed E-state index contributed by atoms with van der Waals surface area (Å²) in [6.45, 7) is 10.8. The summed E-state index contributed by atoms with van der Waals surface area (Å²) in [5, 5.41) is 11.6. The van der Waals surface area contributed by atoms with Gasteiger partial charge in [-0.1, -0.05) is 25.5 Å². The minimum absolute atomic E-state index is 0.00882. The number of carbonyl (C=O) groups excluding carboxylic acids is 3. The highest BCUT2D eigenvalue weighted by Crippen LogP contribution is 2.39. The van der Waals surface area contributed by atoms with Gasteiger partial charge in [-0.3, -0.25) is 19.2 Å². The maximum Gasteiger partial charge on any atom is 0.303 e. The highest BCUT2D eigenvalue weighted by molar-refractivity contribution is 5.80. The number of allylic oxidation sites excluding steroid dienone is 1. The van der Waals surface area contributed by atoms with Crippen LogP contribution >= 0.6 is 0 Å². The summed E-state index contributed by atoms with van der Waals surface area (Å²) < 4.78 is 0. The predicted octanol–water partition coefficient (Wildman–Crippen LogP) is 1.90. The molecule has 3 unspecified atom stereocenters. The topological polar surface area (TPSA) is 107 Å². The maximum atomic E-state index is 12.9. The fourth-order valence-corrected chi connectivity index (χ4v) is 4.66. The van der Waals surface area contributed by atoms with E-state index in [1.165, 1.54) is 5.57 Å². The molecular formula is C23H37N3O5. The Labute approximate surface area is 185 Å². The molecule has 2 rings (SSSR count). The number of aliphatic carboxylic acids is 1. The fourth-order valence-electron chi connectivity index (χ4n) is 4.66. The molecule has 0 aromatic carbocycles. The second-order valence-electron chi connectivity index (χ2n) is 9.20. The van der Waals surface area contributed by atoms with Crippen molar-refractivity contribution in [2.75, 3.05) is 32.7 Å². The first-order valence-corrected chi connectivity index (χ1v) is 11.3. The van der Waals surface area contributed by atoms with E-state index >= 15 is 0 Å². The molecule has 0 radical (unpaired) electrons. The van der Waals surface area contributed by atoms with Crippen LogP contribution < -0.4 is 5.32 Å². The first-order chi connectivity index (χ1) is 14.6. The SMILES string of the molecule is CC(=O)N1CCN(C(=O)CC2CC(C(C)C)C(CNC(=O)CCC(=O)O)C=C2C)CC1. The third kappa shape index (κ3) is 7.36. The van der Waals surface area contributed by atoms with Crippen LogP contribution in [0.15, 0.2) is 11.6 Å². The minimum atomic E-state index is -0.973. The Kier molecular flexibility index (Phi) is 9.07. The van der Waals surface area contributed by atoms with Crippen molar-refractivity contribution in [3.63, 3.8) is 0 Å². The normalized spacial score (nSPS) is 24.0. The van der Waals surface area contributed by atoms with Crippen LogP contribution in [0.1, 0.15) is 53.4 Å². The van der Waals surface area contributed by atoms with Crippen molar-refractivity contribution in [2.45, 2.75) is 53.4 Å². The van der Waals surface area contributed by atoms with Crippen molar-refractivity contribution in [1.29, 1.82) is 0 Å². The second kappa shape index (κ2) is 11.3. The quantitative estimate of drug-likeness (QED) is 0.566. The highest BCUT2D eigenvalue weighted by Gasteiger charge is 2.34. The van der Waals surface area contributed by atoms with Gasteiger partial charge in [0.05, 0.1) is 6.42 Å². The van der Waals surface area contributed by atoms with Gasteiger partial charge in [0.2, 0.25) is 17.7 Å². The van der Waals surface area contributed by atoms with Crippen LogP contribution in [0.4, 0.5) is 0 Å². The smallest absolute Gasteiger partial charge is 0.303 e. The van der Waals surface area contributed by atoms with Crippen LogP contribution in [0.2, 0.25) is 0 Å². The molecule has 31 heavy (non-hydrogen) atoms. The molecule has 2 N–H and O–H groups in total. The summed E-state index contributed by atoms with van der Waals surface area (Å²) in [6.07, 6.45) is 3.39. The van der Waals surface area contributed by atoms with Crippen molar-refractivity contribution < 1.29 is 24.3 Å². The zero-order chi connectivity index (χ0) is 23.1. The van der Waals surface area contributed by atoms with Crippen LogP contribution in [0.5, 0.6) is 0 Å². The van der Waals surface area contributed by atoms with Gasteiger partial charge in [0.15, 0.2) is 0 Å². The standard InChI is InChI=1S/C23H37N3O5/c1-15(2)20-12-18(13-22(29)26-9-7-25(8-10-26)17(4)27)16(3)11-19(20)14-24-21(28)5-6-23(30)31/h11,15,18-20H,5-10,12-14H2,1-4H3,(H,24,28)(H,30,31).